The quantitative estimate of drug-likeness (QED) is 0.560. The van der Waals surface area contributed by atoms with E-state index in [9.17, 15) is 4.79 Å². The number of rotatable bonds is 6. The highest BCUT2D eigenvalue weighted by atomic mass is 16.1. The van der Waals surface area contributed by atoms with Gasteiger partial charge in [-0.25, -0.2) is 0 Å². The number of hydrogen-bond acceptors (Lipinski definition) is 2. The van der Waals surface area contributed by atoms with Crippen molar-refractivity contribution in [3.63, 3.8) is 0 Å². The molecule has 26 heavy (non-hydrogen) atoms. The molecule has 2 heteroatoms. The molecule has 0 bridgehead atoms. The van der Waals surface area contributed by atoms with Crippen LogP contribution in [0.3, 0.4) is 0 Å². The van der Waals surface area contributed by atoms with Gasteiger partial charge in [0.25, 0.3) is 0 Å². The van der Waals surface area contributed by atoms with E-state index in [0.29, 0.717) is 0 Å². The molecule has 0 spiro atoms. The van der Waals surface area contributed by atoms with Gasteiger partial charge in [-0.3, -0.25) is 0 Å². The standard InChI is InChI=1S/C24H25NO/c1-18(17-26)24(22-13-15-23(16-14-22)25(2)3)21-11-9-20(10-12-21)19-7-5-4-6-8-19/h4-18,24H,1-3H3/t18-,24+/m0/s1. The van der Waals surface area contributed by atoms with Crippen molar-refractivity contribution < 1.29 is 4.79 Å². The molecule has 0 aliphatic rings. The first-order valence-electron chi connectivity index (χ1n) is 8.98. The predicted molar refractivity (Wildman–Crippen MR) is 110 cm³/mol. The molecule has 0 saturated heterocycles. The van der Waals surface area contributed by atoms with Crippen LogP contribution < -0.4 is 4.90 Å². The molecule has 2 nitrogen and oxygen atoms in total. The lowest BCUT2D eigenvalue weighted by Crippen LogP contribution is -2.13. The number of carbonyl (C=O) groups excluding carboxylic acids is 1. The highest BCUT2D eigenvalue weighted by molar-refractivity contribution is 5.64. The zero-order chi connectivity index (χ0) is 18.5. The van der Waals surface area contributed by atoms with Crippen molar-refractivity contribution in [1.82, 2.24) is 0 Å². The van der Waals surface area contributed by atoms with Crippen LogP contribution in [0.15, 0.2) is 78.9 Å². The maximum atomic E-state index is 11.5. The van der Waals surface area contributed by atoms with E-state index in [4.69, 9.17) is 0 Å². The minimum absolute atomic E-state index is 0.0635. The van der Waals surface area contributed by atoms with Crippen molar-refractivity contribution >= 4 is 12.0 Å². The zero-order valence-corrected chi connectivity index (χ0v) is 15.6. The van der Waals surface area contributed by atoms with Crippen LogP contribution in [0.2, 0.25) is 0 Å². The van der Waals surface area contributed by atoms with E-state index in [0.717, 1.165) is 12.0 Å². The van der Waals surface area contributed by atoms with E-state index in [1.54, 1.807) is 0 Å². The normalized spacial score (nSPS) is 13.0. The lowest BCUT2D eigenvalue weighted by Gasteiger charge is -2.22. The minimum atomic E-state index is -0.0808. The van der Waals surface area contributed by atoms with Gasteiger partial charge in [0.15, 0.2) is 0 Å². The molecule has 0 amide bonds. The smallest absolute Gasteiger partial charge is 0.123 e. The third kappa shape index (κ3) is 3.85. The molecule has 0 aliphatic carbocycles. The van der Waals surface area contributed by atoms with E-state index in [-0.39, 0.29) is 11.8 Å². The fourth-order valence-electron chi connectivity index (χ4n) is 3.37. The molecule has 3 aromatic carbocycles. The highest BCUT2D eigenvalue weighted by Gasteiger charge is 2.21. The van der Waals surface area contributed by atoms with Crippen LogP contribution in [0.1, 0.15) is 24.0 Å². The zero-order valence-electron chi connectivity index (χ0n) is 15.6. The largest absolute Gasteiger partial charge is 0.378 e. The molecule has 132 valence electrons. The molecule has 0 saturated carbocycles. The van der Waals surface area contributed by atoms with Gasteiger partial charge < -0.3 is 9.69 Å². The van der Waals surface area contributed by atoms with Gasteiger partial charge in [-0.05, 0) is 34.4 Å². The summed E-state index contributed by atoms with van der Waals surface area (Å²) < 4.78 is 0. The Kier molecular flexibility index (Phi) is 5.52. The van der Waals surface area contributed by atoms with Crippen LogP contribution >= 0.6 is 0 Å². The summed E-state index contributed by atoms with van der Waals surface area (Å²) in [6.07, 6.45) is 1.05. The third-order valence-corrected chi connectivity index (χ3v) is 4.89. The Morgan fingerprint density at radius 2 is 1.23 bits per heavy atom. The second-order valence-electron chi connectivity index (χ2n) is 6.95. The van der Waals surface area contributed by atoms with E-state index in [1.807, 2.05) is 39.2 Å². The maximum absolute atomic E-state index is 11.5. The Morgan fingerprint density at radius 3 is 1.73 bits per heavy atom. The summed E-state index contributed by atoms with van der Waals surface area (Å²) in [4.78, 5) is 13.6. The number of nitrogens with zero attached hydrogens (tertiary/aromatic N) is 1. The molecule has 0 radical (unpaired) electrons. The maximum Gasteiger partial charge on any atom is 0.123 e. The van der Waals surface area contributed by atoms with Gasteiger partial charge in [-0.1, -0.05) is 73.7 Å². The van der Waals surface area contributed by atoms with Gasteiger partial charge in [0.05, 0.1) is 0 Å². The van der Waals surface area contributed by atoms with E-state index >= 15 is 0 Å². The number of anilines is 1. The first-order valence-corrected chi connectivity index (χ1v) is 8.98. The second kappa shape index (κ2) is 8.01. The topological polar surface area (TPSA) is 20.3 Å². The van der Waals surface area contributed by atoms with E-state index in [1.165, 1.54) is 22.3 Å². The van der Waals surface area contributed by atoms with Crippen molar-refractivity contribution in [1.29, 1.82) is 0 Å². The predicted octanol–water partition coefficient (Wildman–Crippen LogP) is 5.39. The molecule has 0 N–H and O–H groups in total. The molecule has 0 aliphatic heterocycles. The molecule has 0 aromatic heterocycles. The van der Waals surface area contributed by atoms with Crippen LogP contribution in [0.25, 0.3) is 11.1 Å². The fraction of sp³-hybridized carbons (Fsp3) is 0.208. The van der Waals surface area contributed by atoms with Crippen molar-refractivity contribution in [3.05, 3.63) is 90.0 Å². The first kappa shape index (κ1) is 17.9. The Bertz CT molecular complexity index is 836. The molecule has 3 rings (SSSR count). The van der Waals surface area contributed by atoms with Gasteiger partial charge in [0, 0.05) is 31.6 Å². The number of aldehydes is 1. The summed E-state index contributed by atoms with van der Waals surface area (Å²) in [6.45, 7) is 1.99. The molecular weight excluding hydrogens is 318 g/mol. The van der Waals surface area contributed by atoms with E-state index < -0.39 is 0 Å². The summed E-state index contributed by atoms with van der Waals surface area (Å²) >= 11 is 0. The summed E-state index contributed by atoms with van der Waals surface area (Å²) in [6, 6.07) is 27.4. The average molecular weight is 343 g/mol. The summed E-state index contributed by atoms with van der Waals surface area (Å²) in [5.41, 5.74) is 5.89. The SMILES string of the molecule is C[C@@H](C=O)[C@H](c1ccc(-c2ccccc2)cc1)c1ccc(N(C)C)cc1. The van der Waals surface area contributed by atoms with Crippen molar-refractivity contribution in [2.45, 2.75) is 12.8 Å². The first-order chi connectivity index (χ1) is 12.6. The van der Waals surface area contributed by atoms with Crippen LogP contribution in [0.5, 0.6) is 0 Å². The molecular formula is C24H25NO. The summed E-state index contributed by atoms with van der Waals surface area (Å²) in [7, 11) is 4.06. The molecule has 0 fully saturated rings. The molecule has 0 unspecified atom stereocenters. The third-order valence-electron chi connectivity index (χ3n) is 4.89. The highest BCUT2D eigenvalue weighted by Crippen LogP contribution is 2.33. The molecule has 3 aromatic rings. The lowest BCUT2D eigenvalue weighted by atomic mass is 9.82. The molecule has 0 heterocycles. The average Bonchev–Trinajstić information content (AvgIpc) is 2.69. The Morgan fingerprint density at radius 1 is 0.731 bits per heavy atom. The van der Waals surface area contributed by atoms with Gasteiger partial charge in [-0.15, -0.1) is 0 Å². The van der Waals surface area contributed by atoms with Crippen LogP contribution in [-0.4, -0.2) is 20.4 Å². The second-order valence-corrected chi connectivity index (χ2v) is 6.95. The Labute approximate surface area is 156 Å². The van der Waals surface area contributed by atoms with Crippen LogP contribution in [0.4, 0.5) is 5.69 Å². The van der Waals surface area contributed by atoms with E-state index in [2.05, 4.69) is 65.6 Å². The Balaban J connectivity index is 1.94. The minimum Gasteiger partial charge on any atom is -0.378 e. The monoisotopic (exact) mass is 343 g/mol. The van der Waals surface area contributed by atoms with Gasteiger partial charge >= 0.3 is 0 Å². The summed E-state index contributed by atoms with van der Waals surface area (Å²) in [5.74, 6) is -0.0173. The van der Waals surface area contributed by atoms with Gasteiger partial charge in [0.1, 0.15) is 6.29 Å². The van der Waals surface area contributed by atoms with Crippen molar-refractivity contribution in [3.8, 4) is 11.1 Å². The Hall–Kier alpha value is -2.87. The number of hydrogen-bond donors (Lipinski definition) is 0. The fourth-order valence-corrected chi connectivity index (χ4v) is 3.37. The van der Waals surface area contributed by atoms with Gasteiger partial charge in [0.2, 0.25) is 0 Å². The lowest BCUT2D eigenvalue weighted by molar-refractivity contribution is -0.111. The van der Waals surface area contributed by atoms with Crippen LogP contribution in [0, 0.1) is 5.92 Å². The number of benzene rings is 3. The van der Waals surface area contributed by atoms with Crippen molar-refractivity contribution in [2.24, 2.45) is 5.92 Å². The van der Waals surface area contributed by atoms with Crippen LogP contribution in [-0.2, 0) is 4.79 Å². The van der Waals surface area contributed by atoms with Crippen molar-refractivity contribution in [2.75, 3.05) is 19.0 Å². The summed E-state index contributed by atoms with van der Waals surface area (Å²) in [5, 5.41) is 0. The van der Waals surface area contributed by atoms with Gasteiger partial charge in [-0.2, -0.15) is 0 Å². The molecule has 2 atom stereocenters. The number of carbonyl (C=O) groups is 1.